The molecule has 0 aliphatic carbocycles. The van der Waals surface area contributed by atoms with Gasteiger partial charge >= 0.3 is 0 Å². The number of aromatic nitrogens is 6. The van der Waals surface area contributed by atoms with Gasteiger partial charge in [-0.1, -0.05) is 170 Å². The van der Waals surface area contributed by atoms with E-state index < -0.39 is 0 Å². The van der Waals surface area contributed by atoms with Crippen LogP contribution in [-0.2, 0) is 0 Å². The highest BCUT2D eigenvalue weighted by molar-refractivity contribution is 6.12. The molecule has 0 N–H and O–H groups in total. The van der Waals surface area contributed by atoms with Crippen molar-refractivity contribution in [2.75, 3.05) is 0 Å². The molecule has 0 atom stereocenters. The molecule has 14 aromatic rings. The summed E-state index contributed by atoms with van der Waals surface area (Å²) in [5, 5.41) is 6.71. The first-order valence-electron chi connectivity index (χ1n) is 24.1. The summed E-state index contributed by atoms with van der Waals surface area (Å²) in [6.07, 6.45) is 0. The summed E-state index contributed by atoms with van der Waals surface area (Å²) < 4.78 is 6.75. The molecule has 0 fully saturated rings. The lowest BCUT2D eigenvalue weighted by Crippen LogP contribution is -2.05. The first-order chi connectivity index (χ1) is 36.1. The fraction of sp³-hybridized carbons (Fsp3) is 0. The van der Waals surface area contributed by atoms with Gasteiger partial charge in [0, 0.05) is 54.7 Å². The minimum Gasteiger partial charge on any atom is -0.319 e. The Morgan fingerprint density at radius 1 is 0.288 bits per heavy atom. The fourth-order valence-electron chi connectivity index (χ4n) is 11.0. The van der Waals surface area contributed by atoms with Crippen molar-refractivity contribution in [3.8, 4) is 62.4 Å². The van der Waals surface area contributed by atoms with Gasteiger partial charge in [0.05, 0.1) is 57.6 Å². The summed E-state index contributed by atoms with van der Waals surface area (Å²) in [4.78, 5) is 24.4. The molecule has 0 radical (unpaired) electrons. The van der Waals surface area contributed by atoms with E-state index >= 15 is 0 Å². The topological polar surface area (TPSA) is 62.2 Å². The average Bonchev–Trinajstić information content (AvgIpc) is 4.10. The zero-order valence-electron chi connectivity index (χ0n) is 39.0. The van der Waals surface area contributed by atoms with E-state index in [2.05, 4.69) is 181 Å². The van der Waals surface area contributed by atoms with Crippen LogP contribution in [0.4, 0.5) is 11.4 Å². The number of benzene rings is 10. The Balaban J connectivity index is 1.05. The Morgan fingerprint density at radius 2 is 0.685 bits per heavy atom. The van der Waals surface area contributed by atoms with Crippen LogP contribution in [0.2, 0.25) is 0 Å². The molecular weight excluding hydrogens is 893 g/mol. The van der Waals surface area contributed by atoms with Crippen molar-refractivity contribution in [1.29, 1.82) is 0 Å². The second-order valence-corrected chi connectivity index (χ2v) is 18.1. The van der Waals surface area contributed by atoms with Crippen molar-refractivity contribution >= 4 is 76.8 Å². The third-order valence-electron chi connectivity index (χ3n) is 14.2. The van der Waals surface area contributed by atoms with E-state index in [4.69, 9.17) is 28.1 Å². The van der Waals surface area contributed by atoms with Crippen molar-refractivity contribution in [2.45, 2.75) is 0 Å². The fourth-order valence-corrected chi connectivity index (χ4v) is 11.0. The minimum atomic E-state index is 0.462. The van der Waals surface area contributed by atoms with Gasteiger partial charge in [-0.2, -0.15) is 0 Å². The number of hydrogen-bond acceptors (Lipinski definition) is 3. The van der Waals surface area contributed by atoms with Crippen molar-refractivity contribution < 1.29 is 0 Å². The minimum absolute atomic E-state index is 0.462. The van der Waals surface area contributed by atoms with Crippen molar-refractivity contribution in [1.82, 2.24) is 28.7 Å². The van der Waals surface area contributed by atoms with Crippen LogP contribution in [0.1, 0.15) is 0 Å². The maximum absolute atomic E-state index is 8.83. The van der Waals surface area contributed by atoms with Crippen LogP contribution in [-0.4, -0.2) is 28.7 Å². The molecule has 0 aliphatic heterocycles. The lowest BCUT2D eigenvalue weighted by Gasteiger charge is -2.18. The SMILES string of the molecule is [C-]#[N+]c1ccc(-c2nc(-c3ccccc3)nc(-c3ccc(-c4cccc(-n5c6ccccc6c6ccccc65)c4[N+]#[C-])cc3-n3c4ccccc4c4ccccc43)n2)c(-n2c3ccccc3c3ccccc32)c1. The van der Waals surface area contributed by atoms with E-state index in [1.165, 1.54) is 0 Å². The smallest absolute Gasteiger partial charge is 0.218 e. The Hall–Kier alpha value is -10.4. The highest BCUT2D eigenvalue weighted by atomic mass is 15.1. The van der Waals surface area contributed by atoms with Gasteiger partial charge in [-0.25, -0.2) is 24.6 Å². The van der Waals surface area contributed by atoms with Gasteiger partial charge in [-0.3, -0.25) is 0 Å². The molecule has 0 saturated heterocycles. The van der Waals surface area contributed by atoms with E-state index in [0.29, 0.717) is 28.8 Å². The number of nitrogens with zero attached hydrogens (tertiary/aromatic N) is 8. The molecule has 8 heteroatoms. The molecule has 0 unspecified atom stereocenters. The van der Waals surface area contributed by atoms with Crippen LogP contribution < -0.4 is 0 Å². The maximum Gasteiger partial charge on any atom is 0.218 e. The highest BCUT2D eigenvalue weighted by Gasteiger charge is 2.24. The zero-order valence-corrected chi connectivity index (χ0v) is 39.0. The summed E-state index contributed by atoms with van der Waals surface area (Å²) in [7, 11) is 0. The molecule has 4 heterocycles. The van der Waals surface area contributed by atoms with E-state index in [-0.39, 0.29) is 0 Å². The van der Waals surface area contributed by atoms with Crippen LogP contribution in [0.15, 0.2) is 231 Å². The molecule has 0 bridgehead atoms. The van der Waals surface area contributed by atoms with Crippen LogP contribution in [0, 0.1) is 13.1 Å². The summed E-state index contributed by atoms with van der Waals surface area (Å²) in [6.45, 7) is 17.0. The van der Waals surface area contributed by atoms with Gasteiger partial charge in [-0.05, 0) is 71.8 Å². The molecule has 0 amide bonds. The summed E-state index contributed by atoms with van der Waals surface area (Å²) in [5.41, 5.74) is 13.7. The number of hydrogen-bond donors (Lipinski definition) is 0. The van der Waals surface area contributed by atoms with E-state index in [9.17, 15) is 0 Å². The lowest BCUT2D eigenvalue weighted by atomic mass is 9.99. The normalized spacial score (nSPS) is 11.5. The van der Waals surface area contributed by atoms with Crippen molar-refractivity contribution in [2.24, 2.45) is 0 Å². The summed E-state index contributed by atoms with van der Waals surface area (Å²) in [6, 6.07) is 78.8. The first-order valence-corrected chi connectivity index (χ1v) is 24.1. The third kappa shape index (κ3) is 6.49. The number of para-hydroxylation sites is 7. The Kier molecular flexibility index (Phi) is 9.47. The molecule has 73 heavy (non-hydrogen) atoms. The predicted molar refractivity (Wildman–Crippen MR) is 297 cm³/mol. The van der Waals surface area contributed by atoms with Crippen molar-refractivity contribution in [3.63, 3.8) is 0 Å². The van der Waals surface area contributed by atoms with E-state index in [1.807, 2.05) is 72.8 Å². The summed E-state index contributed by atoms with van der Waals surface area (Å²) in [5.74, 6) is 1.44. The second kappa shape index (κ2) is 16.6. The molecule has 0 aliphatic rings. The number of fused-ring (bicyclic) bond motifs is 9. The van der Waals surface area contributed by atoms with Gasteiger partial charge in [0.25, 0.3) is 0 Å². The van der Waals surface area contributed by atoms with Crippen molar-refractivity contribution in [3.05, 3.63) is 253 Å². The van der Waals surface area contributed by atoms with Crippen LogP contribution >= 0.6 is 0 Å². The van der Waals surface area contributed by atoms with Gasteiger partial charge in [-0.15, -0.1) is 0 Å². The van der Waals surface area contributed by atoms with Crippen LogP contribution in [0.25, 0.3) is 137 Å². The Labute approximate surface area is 419 Å². The lowest BCUT2D eigenvalue weighted by molar-refractivity contribution is 1.06. The third-order valence-corrected chi connectivity index (χ3v) is 14.2. The average molecular weight is 931 g/mol. The van der Waals surface area contributed by atoms with E-state index in [1.54, 1.807) is 0 Å². The number of rotatable bonds is 7. The molecule has 338 valence electrons. The highest BCUT2D eigenvalue weighted by Crippen LogP contribution is 2.44. The Bertz CT molecular complexity index is 4500. The molecule has 4 aromatic heterocycles. The van der Waals surface area contributed by atoms with Gasteiger partial charge in [0.1, 0.15) is 0 Å². The standard InChI is InChI=1S/C65H38N8/c1-66-43-36-38-52(61(40-43)73-57-32-16-10-25-49(57)50-26-11-17-33-58(50)73)65-69-63(41-19-4-3-5-20-41)68-64(70-65)51-37-35-42(39-60(51)72-55-30-14-8-23-47(55)48-24-9-15-31-56(48)72)44-27-18-34-59(62(44)67-2)71-53-28-12-6-21-45(53)46-22-7-13-29-54(46)71/h3-40H. The molecule has 10 aromatic carbocycles. The molecule has 0 saturated carbocycles. The largest absolute Gasteiger partial charge is 0.319 e. The van der Waals surface area contributed by atoms with Gasteiger partial charge in [0.2, 0.25) is 5.69 Å². The molecule has 14 rings (SSSR count). The quantitative estimate of drug-likeness (QED) is 0.150. The van der Waals surface area contributed by atoms with Gasteiger partial charge < -0.3 is 13.7 Å². The molecule has 8 nitrogen and oxygen atoms in total. The van der Waals surface area contributed by atoms with Gasteiger partial charge in [0.15, 0.2) is 23.2 Å². The Morgan fingerprint density at radius 3 is 1.14 bits per heavy atom. The van der Waals surface area contributed by atoms with Crippen LogP contribution in [0.3, 0.4) is 0 Å². The second-order valence-electron chi connectivity index (χ2n) is 18.1. The summed E-state index contributed by atoms with van der Waals surface area (Å²) >= 11 is 0. The van der Waals surface area contributed by atoms with E-state index in [0.717, 1.165) is 110 Å². The molecule has 0 spiro atoms. The monoisotopic (exact) mass is 930 g/mol. The first kappa shape index (κ1) is 41.6. The van der Waals surface area contributed by atoms with Crippen LogP contribution in [0.5, 0.6) is 0 Å². The maximum atomic E-state index is 8.83. The zero-order chi connectivity index (χ0) is 48.6. The molecular formula is C65H38N8. The predicted octanol–water partition coefficient (Wildman–Crippen LogP) is 16.9.